The summed E-state index contributed by atoms with van der Waals surface area (Å²) in [6.45, 7) is 0.435. The number of rotatable bonds is 6. The van der Waals surface area contributed by atoms with Crippen molar-refractivity contribution in [2.75, 3.05) is 19.7 Å². The first-order chi connectivity index (χ1) is 9.61. The van der Waals surface area contributed by atoms with Gasteiger partial charge in [0.1, 0.15) is 12.2 Å². The van der Waals surface area contributed by atoms with E-state index in [4.69, 9.17) is 15.6 Å². The number of aliphatic hydroxyl groups is 2. The number of cyclic esters (lactones) is 1. The van der Waals surface area contributed by atoms with Gasteiger partial charge in [-0.3, -0.25) is 0 Å². The molecule has 1 heterocycles. The minimum atomic E-state index is -0.829. The number of ether oxygens (including phenoxy) is 1. The number of hydrogen-bond acceptors (Lipinski definition) is 5. The normalized spacial score (nSPS) is 27.4. The summed E-state index contributed by atoms with van der Waals surface area (Å²) in [5.41, 5.74) is 6.08. The molecule has 0 radical (unpaired) electrons. The molecular weight excluding hydrogens is 260 g/mol. The van der Waals surface area contributed by atoms with Gasteiger partial charge in [-0.1, -0.05) is 32.1 Å². The van der Waals surface area contributed by atoms with Crippen LogP contribution in [0.15, 0.2) is 0 Å². The minimum absolute atomic E-state index is 0.105. The second-order valence-electron chi connectivity index (χ2n) is 5.99. The number of amides is 1. The van der Waals surface area contributed by atoms with Crippen LogP contribution < -0.4 is 5.73 Å². The van der Waals surface area contributed by atoms with E-state index < -0.39 is 18.3 Å². The van der Waals surface area contributed by atoms with Crippen LogP contribution in [0.1, 0.15) is 38.5 Å². The van der Waals surface area contributed by atoms with Crippen molar-refractivity contribution in [2.45, 2.75) is 56.8 Å². The van der Waals surface area contributed by atoms with E-state index in [0.717, 1.165) is 6.42 Å². The molecule has 1 amide bonds. The van der Waals surface area contributed by atoms with Crippen LogP contribution in [0, 0.1) is 5.92 Å². The maximum Gasteiger partial charge on any atom is 0.410 e. The van der Waals surface area contributed by atoms with Crippen molar-refractivity contribution < 1.29 is 19.7 Å². The van der Waals surface area contributed by atoms with Crippen molar-refractivity contribution in [1.29, 1.82) is 0 Å². The molecule has 0 spiro atoms. The Bertz CT molecular complexity index is 320. The number of aliphatic hydroxyl groups excluding tert-OH is 2. The fraction of sp³-hybridized carbons (Fsp3) is 0.929. The first-order valence-corrected chi connectivity index (χ1v) is 7.62. The summed E-state index contributed by atoms with van der Waals surface area (Å²) < 4.78 is 5.14. The molecule has 2 aliphatic rings. The van der Waals surface area contributed by atoms with Gasteiger partial charge in [-0.2, -0.15) is 0 Å². The van der Waals surface area contributed by atoms with Gasteiger partial charge in [0.25, 0.3) is 0 Å². The van der Waals surface area contributed by atoms with E-state index in [1.807, 2.05) is 0 Å². The van der Waals surface area contributed by atoms with E-state index in [1.165, 1.54) is 37.0 Å². The molecule has 0 aromatic heterocycles. The highest BCUT2D eigenvalue weighted by molar-refractivity contribution is 5.70. The molecule has 2 rings (SSSR count). The zero-order valence-electron chi connectivity index (χ0n) is 11.9. The molecule has 0 bridgehead atoms. The Morgan fingerprint density at radius 3 is 2.70 bits per heavy atom. The highest BCUT2D eigenvalue weighted by Gasteiger charge is 2.38. The molecule has 3 atom stereocenters. The molecule has 6 heteroatoms. The van der Waals surface area contributed by atoms with Crippen LogP contribution in [0.25, 0.3) is 0 Å². The van der Waals surface area contributed by atoms with Gasteiger partial charge < -0.3 is 25.6 Å². The summed E-state index contributed by atoms with van der Waals surface area (Å²) in [5, 5.41) is 19.1. The first kappa shape index (κ1) is 15.5. The number of nitrogens with zero attached hydrogens (tertiary/aromatic N) is 1. The lowest BCUT2D eigenvalue weighted by molar-refractivity contribution is 0.0120. The van der Waals surface area contributed by atoms with Crippen molar-refractivity contribution in [3.8, 4) is 0 Å². The average Bonchev–Trinajstić information content (AvgIpc) is 2.81. The van der Waals surface area contributed by atoms with E-state index in [9.17, 15) is 9.90 Å². The highest BCUT2D eigenvalue weighted by Crippen LogP contribution is 2.28. The third-order valence-electron chi connectivity index (χ3n) is 4.43. The smallest absolute Gasteiger partial charge is 0.410 e. The predicted molar refractivity (Wildman–Crippen MR) is 74.1 cm³/mol. The van der Waals surface area contributed by atoms with E-state index in [1.54, 1.807) is 0 Å². The number of hydrogen-bond donors (Lipinski definition) is 3. The van der Waals surface area contributed by atoms with Gasteiger partial charge in [0.2, 0.25) is 0 Å². The van der Waals surface area contributed by atoms with E-state index in [-0.39, 0.29) is 19.2 Å². The molecule has 4 N–H and O–H groups in total. The fourth-order valence-corrected chi connectivity index (χ4v) is 3.24. The van der Waals surface area contributed by atoms with E-state index in [2.05, 4.69) is 0 Å². The van der Waals surface area contributed by atoms with Crippen LogP contribution in [0.3, 0.4) is 0 Å². The van der Waals surface area contributed by atoms with Gasteiger partial charge in [0, 0.05) is 12.6 Å². The molecule has 0 aromatic rings. The van der Waals surface area contributed by atoms with Crippen LogP contribution in [0.5, 0.6) is 0 Å². The summed E-state index contributed by atoms with van der Waals surface area (Å²) in [5.74, 6) is 0.582. The Balaban J connectivity index is 1.81. The second-order valence-corrected chi connectivity index (χ2v) is 5.99. The zero-order valence-corrected chi connectivity index (χ0v) is 11.9. The molecule has 116 valence electrons. The van der Waals surface area contributed by atoms with Gasteiger partial charge in [-0.25, -0.2) is 4.79 Å². The summed E-state index contributed by atoms with van der Waals surface area (Å²) >= 11 is 0. The largest absolute Gasteiger partial charge is 0.441 e. The van der Waals surface area contributed by atoms with Crippen molar-refractivity contribution in [2.24, 2.45) is 11.7 Å². The summed E-state index contributed by atoms with van der Waals surface area (Å²) in [7, 11) is 0. The molecule has 1 aliphatic heterocycles. The predicted octanol–water partition coefficient (Wildman–Crippen LogP) is 0.458. The van der Waals surface area contributed by atoms with Crippen molar-refractivity contribution in [3.63, 3.8) is 0 Å². The Morgan fingerprint density at radius 1 is 1.35 bits per heavy atom. The topological polar surface area (TPSA) is 96.0 Å². The maximum absolute atomic E-state index is 11.5. The van der Waals surface area contributed by atoms with Gasteiger partial charge in [0.05, 0.1) is 13.2 Å². The average molecular weight is 286 g/mol. The summed E-state index contributed by atoms with van der Waals surface area (Å²) in [6, 6.07) is -0.357. The summed E-state index contributed by atoms with van der Waals surface area (Å²) in [4.78, 5) is 12.9. The van der Waals surface area contributed by atoms with Crippen LogP contribution in [-0.4, -0.2) is 59.2 Å². The molecular formula is C14H26N2O4. The Hall–Kier alpha value is -0.850. The van der Waals surface area contributed by atoms with Crippen LogP contribution in [0.4, 0.5) is 4.79 Å². The Labute approximate surface area is 119 Å². The van der Waals surface area contributed by atoms with Crippen molar-refractivity contribution in [3.05, 3.63) is 0 Å². The first-order valence-electron chi connectivity index (χ1n) is 7.62. The molecule has 6 nitrogen and oxygen atoms in total. The Morgan fingerprint density at radius 2 is 2.05 bits per heavy atom. The molecule has 0 aromatic carbocycles. The lowest BCUT2D eigenvalue weighted by atomic mass is 9.83. The zero-order chi connectivity index (χ0) is 14.5. The molecule has 1 saturated carbocycles. The van der Waals surface area contributed by atoms with E-state index >= 15 is 0 Å². The van der Waals surface area contributed by atoms with Gasteiger partial charge in [-0.05, 0) is 12.3 Å². The molecule has 1 saturated heterocycles. The lowest BCUT2D eigenvalue weighted by Crippen LogP contribution is -2.46. The standard InChI is InChI=1S/C14H26N2O4/c15-11(8-10-4-2-1-3-5-10)13(18)12-9-16(6-7-17)14(19)20-12/h10-13,17-18H,1-9,15H2/t11-,12-,13?/m0/s1. The fourth-order valence-electron chi connectivity index (χ4n) is 3.24. The van der Waals surface area contributed by atoms with Crippen molar-refractivity contribution in [1.82, 2.24) is 4.90 Å². The lowest BCUT2D eigenvalue weighted by Gasteiger charge is -2.28. The molecule has 1 unspecified atom stereocenters. The molecule has 2 fully saturated rings. The van der Waals surface area contributed by atoms with Gasteiger partial charge >= 0.3 is 6.09 Å². The minimum Gasteiger partial charge on any atom is -0.441 e. The second kappa shape index (κ2) is 7.24. The third-order valence-corrected chi connectivity index (χ3v) is 4.43. The third kappa shape index (κ3) is 3.84. The number of carbonyl (C=O) groups is 1. The number of carbonyl (C=O) groups excluding carboxylic acids is 1. The quantitative estimate of drug-likeness (QED) is 0.659. The van der Waals surface area contributed by atoms with Crippen molar-refractivity contribution >= 4 is 6.09 Å². The van der Waals surface area contributed by atoms with Gasteiger partial charge in [-0.15, -0.1) is 0 Å². The van der Waals surface area contributed by atoms with Gasteiger partial charge in [0.15, 0.2) is 0 Å². The molecule has 20 heavy (non-hydrogen) atoms. The van der Waals surface area contributed by atoms with Crippen LogP contribution >= 0.6 is 0 Å². The SMILES string of the molecule is N[C@@H](CC1CCCCC1)C(O)[C@@H]1CN(CCO)C(=O)O1. The molecule has 1 aliphatic carbocycles. The highest BCUT2D eigenvalue weighted by atomic mass is 16.6. The summed E-state index contributed by atoms with van der Waals surface area (Å²) in [6.07, 6.45) is 5.06. The van der Waals surface area contributed by atoms with Crippen LogP contribution in [0.2, 0.25) is 0 Å². The number of β-amino-alcohol motifs (C(OH)–C–C–N with tert-alkyl or cyclic N) is 1. The maximum atomic E-state index is 11.5. The van der Waals surface area contributed by atoms with Crippen LogP contribution in [-0.2, 0) is 4.74 Å². The van der Waals surface area contributed by atoms with E-state index in [0.29, 0.717) is 12.5 Å². The Kier molecular flexibility index (Phi) is 5.63. The number of nitrogens with two attached hydrogens (primary N) is 1. The monoisotopic (exact) mass is 286 g/mol.